The number of carbonyl (C=O) groups excluding carboxylic acids is 2. The van der Waals surface area contributed by atoms with Crippen molar-refractivity contribution in [2.45, 2.75) is 68.6 Å². The standard InChI is InChI=1S/C23H30O8Si/c1-21(2,3)32(5,6)27-12-14-22-15(19(24)29-14)16(20(25)28-13-10-8-7-9-11-13)23(26-4,31-22)18-17(22)30-18/h7-11,14-18H,12H2,1-6H3. The number of methoxy groups -OCH3 is 1. The third-order valence-electron chi connectivity index (χ3n) is 7.87. The van der Waals surface area contributed by atoms with Crippen molar-refractivity contribution in [2.24, 2.45) is 11.8 Å². The smallest absolute Gasteiger partial charge is 0.320 e. The van der Waals surface area contributed by atoms with E-state index in [-0.39, 0.29) is 17.7 Å². The van der Waals surface area contributed by atoms with Crippen molar-refractivity contribution in [3.63, 3.8) is 0 Å². The van der Waals surface area contributed by atoms with Crippen molar-refractivity contribution in [2.75, 3.05) is 13.7 Å². The van der Waals surface area contributed by atoms with E-state index in [1.807, 2.05) is 6.07 Å². The van der Waals surface area contributed by atoms with Gasteiger partial charge >= 0.3 is 11.9 Å². The van der Waals surface area contributed by atoms with Crippen molar-refractivity contribution in [3.8, 4) is 5.75 Å². The Morgan fingerprint density at radius 3 is 2.47 bits per heavy atom. The van der Waals surface area contributed by atoms with E-state index < -0.39 is 55.7 Å². The Hall–Kier alpha value is -1.78. The lowest BCUT2D eigenvalue weighted by molar-refractivity contribution is -0.267. The summed E-state index contributed by atoms with van der Waals surface area (Å²) in [6, 6.07) is 8.73. The third-order valence-corrected chi connectivity index (χ3v) is 12.4. The maximum Gasteiger partial charge on any atom is 0.320 e. The molecule has 4 fully saturated rings. The van der Waals surface area contributed by atoms with Gasteiger partial charge < -0.3 is 28.1 Å². The molecule has 174 valence electrons. The van der Waals surface area contributed by atoms with Crippen molar-refractivity contribution in [1.82, 2.24) is 0 Å². The summed E-state index contributed by atoms with van der Waals surface area (Å²) in [6.45, 7) is 10.9. The normalized spacial score (nSPS) is 39.4. The van der Waals surface area contributed by atoms with Crippen molar-refractivity contribution < 1.29 is 37.7 Å². The van der Waals surface area contributed by atoms with Gasteiger partial charge in [-0.25, -0.2) is 0 Å². The second-order valence-electron chi connectivity index (χ2n) is 10.5. The molecule has 0 amide bonds. The van der Waals surface area contributed by atoms with Gasteiger partial charge in [-0.05, 0) is 30.3 Å². The minimum Gasteiger partial charge on any atom is -0.456 e. The van der Waals surface area contributed by atoms with Crippen LogP contribution in [0.15, 0.2) is 30.3 Å². The summed E-state index contributed by atoms with van der Waals surface area (Å²) in [5, 5.41) is -0.00415. The fourth-order valence-electron chi connectivity index (χ4n) is 5.12. The third kappa shape index (κ3) is 2.81. The molecule has 4 aliphatic heterocycles. The Labute approximate surface area is 188 Å². The molecule has 9 heteroatoms. The van der Waals surface area contributed by atoms with Crippen LogP contribution in [0.4, 0.5) is 0 Å². The summed E-state index contributed by atoms with van der Waals surface area (Å²) >= 11 is 0. The summed E-state index contributed by atoms with van der Waals surface area (Å²) in [6.07, 6.45) is -1.52. The Morgan fingerprint density at radius 2 is 1.84 bits per heavy atom. The lowest BCUT2D eigenvalue weighted by Gasteiger charge is -2.38. The molecule has 1 aromatic carbocycles. The molecule has 32 heavy (non-hydrogen) atoms. The number of esters is 2. The van der Waals surface area contributed by atoms with Crippen LogP contribution in [0.25, 0.3) is 0 Å². The lowest BCUT2D eigenvalue weighted by Crippen LogP contribution is -2.54. The number of para-hydroxylation sites is 1. The summed E-state index contributed by atoms with van der Waals surface area (Å²) in [5.41, 5.74) is -1.12. The van der Waals surface area contributed by atoms with Gasteiger partial charge in [0.15, 0.2) is 20.0 Å². The summed E-state index contributed by atoms with van der Waals surface area (Å²) in [7, 11) is -0.640. The van der Waals surface area contributed by atoms with Gasteiger partial charge in [0.2, 0.25) is 5.79 Å². The average Bonchev–Trinajstić information content (AvgIpc) is 3.35. The molecule has 0 aliphatic carbocycles. The number of hydrogen-bond donors (Lipinski definition) is 0. The van der Waals surface area contributed by atoms with Crippen LogP contribution in [0.3, 0.4) is 0 Å². The van der Waals surface area contributed by atoms with Gasteiger partial charge in [0.05, 0.1) is 6.61 Å². The van der Waals surface area contributed by atoms with E-state index in [2.05, 4.69) is 33.9 Å². The van der Waals surface area contributed by atoms with Crippen LogP contribution in [0.1, 0.15) is 20.8 Å². The summed E-state index contributed by atoms with van der Waals surface area (Å²) in [4.78, 5) is 26.4. The van der Waals surface area contributed by atoms with Gasteiger partial charge in [-0.15, -0.1) is 0 Å². The Balaban J connectivity index is 1.45. The van der Waals surface area contributed by atoms with Gasteiger partial charge in [0.1, 0.15) is 29.8 Å². The Kier molecular flexibility index (Phi) is 4.73. The number of rotatable bonds is 6. The first-order valence-electron chi connectivity index (χ1n) is 11.0. The topological polar surface area (TPSA) is 92.8 Å². The molecule has 0 N–H and O–H groups in total. The molecule has 5 rings (SSSR count). The molecule has 1 spiro atoms. The molecule has 8 nitrogen and oxygen atoms in total. The first-order valence-corrected chi connectivity index (χ1v) is 13.9. The molecule has 1 aromatic rings. The number of fused-ring (bicyclic) bond motifs is 3. The van der Waals surface area contributed by atoms with Crippen LogP contribution in [0.2, 0.25) is 18.1 Å². The maximum absolute atomic E-state index is 13.3. The predicted octanol–water partition coefficient (Wildman–Crippen LogP) is 2.66. The van der Waals surface area contributed by atoms with Crippen molar-refractivity contribution in [3.05, 3.63) is 30.3 Å². The molecule has 4 heterocycles. The van der Waals surface area contributed by atoms with Gasteiger partial charge in [0.25, 0.3) is 0 Å². The lowest BCUT2D eigenvalue weighted by atomic mass is 9.69. The molecule has 0 aromatic heterocycles. The van der Waals surface area contributed by atoms with Gasteiger partial charge in [-0.3, -0.25) is 9.59 Å². The monoisotopic (exact) mass is 462 g/mol. The van der Waals surface area contributed by atoms with Gasteiger partial charge in [-0.2, -0.15) is 0 Å². The zero-order valence-corrected chi connectivity index (χ0v) is 20.2. The van der Waals surface area contributed by atoms with E-state index >= 15 is 0 Å². The van der Waals surface area contributed by atoms with E-state index in [0.29, 0.717) is 5.75 Å². The first-order chi connectivity index (χ1) is 15.0. The summed E-state index contributed by atoms with van der Waals surface area (Å²) < 4.78 is 35.8. The molecule has 2 bridgehead atoms. The minimum absolute atomic E-state index is 0.00415. The molecule has 7 atom stereocenters. The summed E-state index contributed by atoms with van der Waals surface area (Å²) in [5.74, 6) is -3.97. The number of benzene rings is 1. The second-order valence-corrected chi connectivity index (χ2v) is 15.4. The molecular weight excluding hydrogens is 432 g/mol. The highest BCUT2D eigenvalue weighted by molar-refractivity contribution is 6.74. The van der Waals surface area contributed by atoms with Crippen LogP contribution in [-0.4, -0.2) is 63.7 Å². The minimum atomic E-state index is -2.11. The fourth-order valence-corrected chi connectivity index (χ4v) is 6.12. The number of ether oxygens (including phenoxy) is 5. The van der Waals surface area contributed by atoms with Gasteiger partial charge in [-0.1, -0.05) is 39.0 Å². The van der Waals surface area contributed by atoms with E-state index in [0.717, 1.165) is 0 Å². The van der Waals surface area contributed by atoms with Crippen molar-refractivity contribution in [1.29, 1.82) is 0 Å². The highest BCUT2D eigenvalue weighted by Crippen LogP contribution is 2.70. The van der Waals surface area contributed by atoms with E-state index in [4.69, 9.17) is 28.1 Å². The highest BCUT2D eigenvalue weighted by atomic mass is 28.4. The molecule has 4 saturated heterocycles. The van der Waals surface area contributed by atoms with E-state index in [1.165, 1.54) is 7.11 Å². The molecule has 0 radical (unpaired) electrons. The van der Waals surface area contributed by atoms with E-state index in [1.54, 1.807) is 24.3 Å². The number of hydrogen-bond acceptors (Lipinski definition) is 8. The van der Waals surface area contributed by atoms with Gasteiger partial charge in [0, 0.05) is 7.11 Å². The highest BCUT2D eigenvalue weighted by Gasteiger charge is 2.92. The van der Waals surface area contributed by atoms with Crippen LogP contribution in [0, 0.1) is 11.8 Å². The molecule has 7 unspecified atom stereocenters. The van der Waals surface area contributed by atoms with Crippen LogP contribution in [0.5, 0.6) is 5.75 Å². The average molecular weight is 463 g/mol. The van der Waals surface area contributed by atoms with Crippen molar-refractivity contribution >= 4 is 20.3 Å². The number of epoxide rings is 1. The number of cyclic esters (lactones) is 1. The Bertz CT molecular complexity index is 943. The fraction of sp³-hybridized carbons (Fsp3) is 0.652. The maximum atomic E-state index is 13.3. The zero-order valence-electron chi connectivity index (χ0n) is 19.2. The SMILES string of the molecule is COC12OC3(C(CO[Si](C)(C)C(C)(C)C)OC(=O)C3C1C(=O)Oc1ccccc1)C1OC12. The molecular formula is C23H30O8Si. The molecule has 4 aliphatic rings. The number of carbonyl (C=O) groups is 2. The predicted molar refractivity (Wildman–Crippen MR) is 114 cm³/mol. The molecule has 0 saturated carbocycles. The van der Waals surface area contributed by atoms with Crippen LogP contribution in [-0.2, 0) is 33.0 Å². The largest absolute Gasteiger partial charge is 0.456 e. The zero-order chi connectivity index (χ0) is 23.1. The van der Waals surface area contributed by atoms with Crippen LogP contribution >= 0.6 is 0 Å². The van der Waals surface area contributed by atoms with E-state index in [9.17, 15) is 9.59 Å². The van der Waals surface area contributed by atoms with Crippen LogP contribution < -0.4 is 4.74 Å². The second kappa shape index (κ2) is 6.86. The quantitative estimate of drug-likeness (QED) is 0.276. The Morgan fingerprint density at radius 1 is 1.16 bits per heavy atom. The first kappa shape index (κ1) is 22.0.